The zero-order valence-corrected chi connectivity index (χ0v) is 58.6. The van der Waals surface area contributed by atoms with Crippen molar-refractivity contribution in [3.63, 3.8) is 0 Å². The van der Waals surface area contributed by atoms with Crippen molar-refractivity contribution < 1.29 is 72.5 Å². The van der Waals surface area contributed by atoms with Crippen molar-refractivity contribution in [3.8, 4) is 0 Å². The fourth-order valence-corrected chi connectivity index (χ4v) is 11.7. The van der Waals surface area contributed by atoms with Crippen LogP contribution in [0.25, 0.3) is 21.8 Å². The Kier molecular flexibility index (Phi) is 29.3. The van der Waals surface area contributed by atoms with Crippen LogP contribution in [0.4, 0.5) is 0 Å². The van der Waals surface area contributed by atoms with Crippen LogP contribution in [0.5, 0.6) is 0 Å². The van der Waals surface area contributed by atoms with Crippen molar-refractivity contribution >= 4 is 124 Å². The van der Waals surface area contributed by atoms with E-state index in [4.69, 9.17) is 11.5 Å². The second-order valence-corrected chi connectivity index (χ2v) is 26.0. The first-order valence-corrected chi connectivity index (χ1v) is 34.3. The molecule has 7 rings (SSSR count). The summed E-state index contributed by atoms with van der Waals surface area (Å²) in [4.78, 5) is 193. The predicted octanol–water partition coefficient (Wildman–Crippen LogP) is -0.333. The number of carbonyl (C=O) groups excluding carboxylic acids is 11. The van der Waals surface area contributed by atoms with Crippen LogP contribution in [0.3, 0.4) is 0 Å². The topological polar surface area (TPSA) is 495 Å². The highest BCUT2D eigenvalue weighted by Crippen LogP contribution is 2.22. The lowest BCUT2D eigenvalue weighted by atomic mass is 9.99. The van der Waals surface area contributed by atoms with Gasteiger partial charge in [0, 0.05) is 83.3 Å². The van der Waals surface area contributed by atoms with Crippen LogP contribution in [0.1, 0.15) is 68.5 Å². The van der Waals surface area contributed by atoms with Gasteiger partial charge in [-0.1, -0.05) is 125 Å². The summed E-state index contributed by atoms with van der Waals surface area (Å²) in [5.74, 6) is -15.7. The van der Waals surface area contributed by atoms with Crippen LogP contribution in [0, 0.1) is 11.8 Å². The molecule has 4 aromatic carbocycles. The van der Waals surface area contributed by atoms with E-state index in [2.05, 4.69) is 98.4 Å². The van der Waals surface area contributed by atoms with Crippen molar-refractivity contribution in [2.75, 3.05) is 11.5 Å². The van der Waals surface area contributed by atoms with Gasteiger partial charge in [-0.2, -0.15) is 25.3 Å². The number of thiol groups is 2. The number of benzene rings is 4. The molecular weight excluding hydrogens is 1370 g/mol. The van der Waals surface area contributed by atoms with E-state index < -0.39 is 174 Å². The van der Waals surface area contributed by atoms with Crippen molar-refractivity contribution in [3.05, 3.63) is 162 Å². The van der Waals surface area contributed by atoms with E-state index in [-0.39, 0.29) is 37.9 Å². The molecule has 7 aromatic rings. The number of rotatable bonds is 39. The van der Waals surface area contributed by atoms with Crippen LogP contribution in [0.2, 0.25) is 0 Å². The number of imidazole rings is 1. The average Bonchev–Trinajstić information content (AvgIpc) is 1.75. The number of carboxylic acids is 2. The van der Waals surface area contributed by atoms with Gasteiger partial charge >= 0.3 is 11.9 Å². The Labute approximate surface area is 602 Å². The molecule has 31 nitrogen and oxygen atoms in total. The zero-order valence-electron chi connectivity index (χ0n) is 56.8. The number of carboxylic acid groups (broad SMARTS) is 2. The number of primary amides is 1. The average molecular weight is 1460 g/mol. The number of para-hydroxylation sites is 2. The number of aromatic amines is 3. The molecule has 11 amide bonds. The minimum absolute atomic E-state index is 0.118. The molecule has 0 radical (unpaired) electrons. The van der Waals surface area contributed by atoms with Gasteiger partial charge in [-0.3, -0.25) is 57.5 Å². The van der Waals surface area contributed by atoms with E-state index in [9.17, 15) is 72.5 Å². The second kappa shape index (κ2) is 38.1. The highest BCUT2D eigenvalue weighted by atomic mass is 32.1. The third-order valence-corrected chi connectivity index (χ3v) is 17.5. The lowest BCUT2D eigenvalue weighted by Crippen LogP contribution is -2.62. The normalized spacial score (nSPS) is 14.5. The molecule has 0 unspecified atom stereocenters. The van der Waals surface area contributed by atoms with Gasteiger partial charge in [-0.25, -0.2) is 9.78 Å². The number of aromatic nitrogens is 4. The smallest absolute Gasteiger partial charge is 0.326 e. The van der Waals surface area contributed by atoms with Gasteiger partial charge in [0.05, 0.1) is 25.2 Å². The van der Waals surface area contributed by atoms with Gasteiger partial charge < -0.3 is 89.8 Å². The molecule has 548 valence electrons. The summed E-state index contributed by atoms with van der Waals surface area (Å²) in [5.41, 5.74) is 16.1. The van der Waals surface area contributed by atoms with Crippen LogP contribution in [-0.2, 0) is 94.4 Å². The van der Waals surface area contributed by atoms with Gasteiger partial charge in [0.2, 0.25) is 65.0 Å². The Hall–Kier alpha value is -11.1. The van der Waals surface area contributed by atoms with E-state index in [1.54, 1.807) is 125 Å². The Morgan fingerprint density at radius 1 is 0.417 bits per heavy atom. The third-order valence-electron chi connectivity index (χ3n) is 16.8. The number of hydrogen-bond donors (Lipinski definition) is 19. The molecule has 0 spiro atoms. The van der Waals surface area contributed by atoms with Gasteiger partial charge in [-0.05, 0) is 52.6 Å². The SMILES string of the molecule is CC(C)[C@H](NC(=O)[C@H](Cc1c[nH]c2ccccc12)NC(=O)[C@H](CC(N)=O)NC(=O)[C@H](Cc1ccccc1)NC(=O)[C@@H](NC(=O)[C@H](Cc1c[nH]c2ccccc12)NC(=O)[C@H](CS)NC(=O)[C@@H](N)Cc1ccccc1)C(C)C)C(=O)N[C@@H](Cc1cnc[nH]1)C(=O)N[C@@H](CS)C(=O)N[C@@H](CC(=O)O)C(=O)O. The number of nitrogens with two attached hydrogens (primary N) is 2. The molecule has 3 aromatic heterocycles. The molecule has 103 heavy (non-hydrogen) atoms. The maximum atomic E-state index is 14.9. The first-order valence-electron chi connectivity index (χ1n) is 33.0. The molecule has 19 N–H and O–H groups in total. The molecule has 33 heteroatoms. The molecule has 11 atom stereocenters. The molecule has 0 aliphatic rings. The summed E-state index contributed by atoms with van der Waals surface area (Å²) in [6.45, 7) is 6.39. The van der Waals surface area contributed by atoms with Gasteiger partial charge in [0.1, 0.15) is 60.4 Å². The maximum Gasteiger partial charge on any atom is 0.326 e. The van der Waals surface area contributed by atoms with E-state index in [0.29, 0.717) is 33.3 Å². The quantitative estimate of drug-likeness (QED) is 0.0219. The maximum absolute atomic E-state index is 14.9. The minimum atomic E-state index is -1.88. The number of nitrogens with one attached hydrogen (secondary N) is 13. The summed E-state index contributed by atoms with van der Waals surface area (Å²) in [7, 11) is 0. The number of hydrogen-bond acceptors (Lipinski definition) is 17. The molecule has 0 aliphatic heterocycles. The number of H-pyrrole nitrogens is 3. The van der Waals surface area contributed by atoms with Crippen molar-refractivity contribution in [1.29, 1.82) is 0 Å². The highest BCUT2D eigenvalue weighted by molar-refractivity contribution is 7.80. The predicted molar refractivity (Wildman–Crippen MR) is 385 cm³/mol. The first-order chi connectivity index (χ1) is 49.1. The monoisotopic (exact) mass is 1450 g/mol. The van der Waals surface area contributed by atoms with E-state index >= 15 is 0 Å². The van der Waals surface area contributed by atoms with Crippen LogP contribution in [0.15, 0.2) is 134 Å². The second-order valence-electron chi connectivity index (χ2n) is 25.3. The number of amides is 11. The summed E-state index contributed by atoms with van der Waals surface area (Å²) < 4.78 is 0. The highest BCUT2D eigenvalue weighted by Gasteiger charge is 2.39. The van der Waals surface area contributed by atoms with E-state index in [1.807, 2.05) is 24.3 Å². The molecule has 0 bridgehead atoms. The van der Waals surface area contributed by atoms with Crippen LogP contribution in [-0.4, -0.2) is 185 Å². The fraction of sp³-hybridized carbons (Fsp3) is 0.371. The summed E-state index contributed by atoms with van der Waals surface area (Å²) in [6, 6.07) is 15.0. The number of fused-ring (bicyclic) bond motifs is 2. The minimum Gasteiger partial charge on any atom is -0.481 e. The van der Waals surface area contributed by atoms with Crippen LogP contribution >= 0.6 is 25.3 Å². The molecule has 0 saturated carbocycles. The van der Waals surface area contributed by atoms with Gasteiger partial charge in [0.15, 0.2) is 0 Å². The Morgan fingerprint density at radius 2 is 0.786 bits per heavy atom. The molecular formula is C70H86N16O15S2. The largest absolute Gasteiger partial charge is 0.481 e. The number of carbonyl (C=O) groups is 13. The molecule has 0 saturated heterocycles. The van der Waals surface area contributed by atoms with E-state index in [0.717, 1.165) is 16.5 Å². The van der Waals surface area contributed by atoms with Gasteiger partial charge in [-0.15, -0.1) is 0 Å². The third kappa shape index (κ3) is 23.2. The van der Waals surface area contributed by atoms with Gasteiger partial charge in [0.25, 0.3) is 0 Å². The summed E-state index contributed by atoms with van der Waals surface area (Å²) >= 11 is 8.48. The van der Waals surface area contributed by atoms with Crippen molar-refractivity contribution in [1.82, 2.24) is 73.1 Å². The molecule has 0 aliphatic carbocycles. The number of nitrogens with zero attached hydrogens (tertiary/aromatic N) is 1. The zero-order chi connectivity index (χ0) is 75.0. The molecule has 3 heterocycles. The van der Waals surface area contributed by atoms with E-state index in [1.165, 1.54) is 12.5 Å². The summed E-state index contributed by atoms with van der Waals surface area (Å²) in [6.07, 6.45) is 3.32. The lowest BCUT2D eigenvalue weighted by Gasteiger charge is -2.29. The van der Waals surface area contributed by atoms with Crippen molar-refractivity contribution in [2.24, 2.45) is 23.3 Å². The molecule has 0 fully saturated rings. The summed E-state index contributed by atoms with van der Waals surface area (Å²) in [5, 5.41) is 45.9. The Balaban J connectivity index is 1.12. The Morgan fingerprint density at radius 3 is 1.21 bits per heavy atom. The fourth-order valence-electron chi connectivity index (χ4n) is 11.2. The standard InChI is InChI=1S/C70H86N16O15S2/c1-36(2)58(85-65(95)50(26-41-31-75-47-22-14-12-20-44(41)47)78-66(96)54(33-102)83-60(90)45(71)23-38-15-7-5-8-16-38)68(98)80-48(24-39-17-9-6-10-18-39)61(91)79-52(28-56(72)87)63(93)77-49(25-40-30-74-46-21-13-11-19-43(40)46)64(94)86-59(37(3)4)69(99)81-51(27-42-32-73-35-76-42)62(92)84-55(34-103)67(97)82-53(70(100)101)29-57(88)89/h5-22,30-32,35-37,45,48-55,58-59,74-75,102-103H,23-29,33-34,71H2,1-4H3,(H2,72,87)(H,73,76)(H,77,93)(H,78,96)(H,79,91)(H,80,98)(H,81,99)(H,82,97)(H,83,90)(H,84,92)(H,85,95)(H,86,94)(H,88,89)(H,100,101)/t45-,48-,49-,50-,51-,52-,53-,54-,55-,58-,59-/m0/s1. The number of aliphatic carboxylic acids is 2. The first kappa shape index (κ1) is 79.3. The lowest BCUT2D eigenvalue weighted by molar-refractivity contribution is -0.147. The van der Waals surface area contributed by atoms with Crippen LogP contribution < -0.4 is 64.6 Å². The van der Waals surface area contributed by atoms with Crippen molar-refractivity contribution in [2.45, 2.75) is 139 Å². The Bertz CT molecular complexity index is 4140.